The van der Waals surface area contributed by atoms with Gasteiger partial charge in [0.15, 0.2) is 11.6 Å². The molecule has 62 heavy (non-hydrogen) atoms. The highest BCUT2D eigenvalue weighted by atomic mass is 17.2. The van der Waals surface area contributed by atoms with Gasteiger partial charge in [0.2, 0.25) is 5.90 Å². The van der Waals surface area contributed by atoms with Crippen molar-refractivity contribution in [2.24, 2.45) is 4.99 Å². The van der Waals surface area contributed by atoms with Gasteiger partial charge in [-0.15, -0.1) is 0 Å². The SMILES string of the molecule is CCCCCCCCCCCCN=C(CC1=C(C(C)(C)c2ccc(C)cc2)C(=O)C(CN(CCCCCCCCCCCC)C(=O)O)=C(C(C)c2ccc(C)cc2)C1=O)OOC. The monoisotopic (exact) mass is 855 g/mol. The zero-order valence-corrected chi connectivity index (χ0v) is 40.0. The Morgan fingerprint density at radius 2 is 1.15 bits per heavy atom. The number of carboxylic acid groups (broad SMARTS) is 1. The van der Waals surface area contributed by atoms with Crippen molar-refractivity contribution in [1.29, 1.82) is 0 Å². The van der Waals surface area contributed by atoms with Gasteiger partial charge in [-0.1, -0.05) is 210 Å². The third-order valence-electron chi connectivity index (χ3n) is 12.8. The molecule has 0 heterocycles. The molecule has 1 aliphatic rings. The molecule has 1 unspecified atom stereocenters. The highest BCUT2D eigenvalue weighted by Gasteiger charge is 2.44. The van der Waals surface area contributed by atoms with Crippen molar-refractivity contribution < 1.29 is 29.3 Å². The van der Waals surface area contributed by atoms with Crippen molar-refractivity contribution in [1.82, 2.24) is 4.90 Å². The fourth-order valence-corrected chi connectivity index (χ4v) is 8.79. The first-order valence-electron chi connectivity index (χ1n) is 24.3. The van der Waals surface area contributed by atoms with Gasteiger partial charge in [-0.2, -0.15) is 4.89 Å². The van der Waals surface area contributed by atoms with E-state index < -0.39 is 17.4 Å². The summed E-state index contributed by atoms with van der Waals surface area (Å²) in [5.41, 5.74) is 4.24. The van der Waals surface area contributed by atoms with Crippen LogP contribution in [0.2, 0.25) is 0 Å². The van der Waals surface area contributed by atoms with E-state index in [1.807, 2.05) is 83.1 Å². The molecule has 0 bridgehead atoms. The Morgan fingerprint density at radius 3 is 1.63 bits per heavy atom. The molecular weight excluding hydrogens is 773 g/mol. The maximum atomic E-state index is 15.5. The van der Waals surface area contributed by atoms with Crippen LogP contribution >= 0.6 is 0 Å². The van der Waals surface area contributed by atoms with Gasteiger partial charge in [0, 0.05) is 46.7 Å². The molecule has 1 atom stereocenters. The van der Waals surface area contributed by atoms with Crippen molar-refractivity contribution in [3.63, 3.8) is 0 Å². The molecular formula is C54H82N2O6. The first-order valence-corrected chi connectivity index (χ1v) is 24.3. The summed E-state index contributed by atoms with van der Waals surface area (Å²) in [5, 5.41) is 10.6. The molecule has 8 heteroatoms. The molecule has 8 nitrogen and oxygen atoms in total. The number of Topliss-reactive ketones (excluding diaryl/α,β-unsaturated/α-hetero) is 2. The summed E-state index contributed by atoms with van der Waals surface area (Å²) in [6.07, 6.45) is 22.3. The molecule has 2 aromatic rings. The highest BCUT2D eigenvalue weighted by Crippen LogP contribution is 2.44. The zero-order valence-electron chi connectivity index (χ0n) is 40.0. The van der Waals surface area contributed by atoms with Gasteiger partial charge in [-0.3, -0.25) is 14.6 Å². The summed E-state index contributed by atoms with van der Waals surface area (Å²) in [4.78, 5) is 60.8. The number of carbonyl (C=O) groups is 3. The van der Waals surface area contributed by atoms with Gasteiger partial charge < -0.3 is 14.9 Å². The summed E-state index contributed by atoms with van der Waals surface area (Å²) in [5.74, 6) is -0.821. The lowest BCUT2D eigenvalue weighted by Gasteiger charge is -2.36. The molecule has 0 saturated heterocycles. The minimum absolute atomic E-state index is 0.0283. The van der Waals surface area contributed by atoms with E-state index in [2.05, 4.69) is 13.8 Å². The van der Waals surface area contributed by atoms with Crippen LogP contribution in [0.15, 0.2) is 75.8 Å². The predicted octanol–water partition coefficient (Wildman–Crippen LogP) is 14.3. The third-order valence-corrected chi connectivity index (χ3v) is 12.8. The van der Waals surface area contributed by atoms with Gasteiger partial charge in [-0.25, -0.2) is 4.79 Å². The normalized spacial score (nSPS) is 14.2. The number of hydrogen-bond donors (Lipinski definition) is 1. The summed E-state index contributed by atoms with van der Waals surface area (Å²) in [6, 6.07) is 16.0. The van der Waals surface area contributed by atoms with E-state index in [1.165, 1.54) is 95.5 Å². The molecule has 0 aliphatic heterocycles. The van der Waals surface area contributed by atoms with Gasteiger partial charge in [-0.05, 0) is 37.8 Å². The van der Waals surface area contributed by atoms with E-state index in [0.717, 1.165) is 60.8 Å². The predicted molar refractivity (Wildman–Crippen MR) is 256 cm³/mol. The molecule has 344 valence electrons. The first kappa shape index (κ1) is 52.3. The number of aryl methyl sites for hydroxylation is 2. The van der Waals surface area contributed by atoms with Crippen molar-refractivity contribution in [3.05, 3.63) is 93.1 Å². The second-order valence-electron chi connectivity index (χ2n) is 18.3. The number of amides is 1. The maximum Gasteiger partial charge on any atom is 0.407 e. The zero-order chi connectivity index (χ0) is 45.3. The first-order chi connectivity index (χ1) is 29.9. The number of unbranched alkanes of at least 4 members (excludes halogenated alkanes) is 18. The van der Waals surface area contributed by atoms with E-state index in [0.29, 0.717) is 29.7 Å². The molecule has 2 aromatic carbocycles. The van der Waals surface area contributed by atoms with Crippen LogP contribution in [-0.2, 0) is 24.8 Å². The fourth-order valence-electron chi connectivity index (χ4n) is 8.79. The van der Waals surface area contributed by atoms with Crippen LogP contribution in [0, 0.1) is 13.8 Å². The number of nitrogens with zero attached hydrogens (tertiary/aromatic N) is 2. The summed E-state index contributed by atoms with van der Waals surface area (Å²) in [6.45, 7) is 15.0. The topological polar surface area (TPSA) is 106 Å². The molecule has 0 aromatic heterocycles. The summed E-state index contributed by atoms with van der Waals surface area (Å²) >= 11 is 0. The van der Waals surface area contributed by atoms with E-state index in [-0.39, 0.29) is 42.5 Å². The van der Waals surface area contributed by atoms with Crippen molar-refractivity contribution in [2.75, 3.05) is 26.7 Å². The van der Waals surface area contributed by atoms with E-state index >= 15 is 9.59 Å². The van der Waals surface area contributed by atoms with Gasteiger partial charge in [0.05, 0.1) is 20.1 Å². The van der Waals surface area contributed by atoms with E-state index in [1.54, 1.807) is 0 Å². The Labute approximate surface area is 376 Å². The highest BCUT2D eigenvalue weighted by molar-refractivity contribution is 6.27. The van der Waals surface area contributed by atoms with Crippen LogP contribution in [0.4, 0.5) is 4.79 Å². The Kier molecular flexibility index (Phi) is 24.1. The largest absolute Gasteiger partial charge is 0.465 e. The molecule has 0 radical (unpaired) electrons. The molecule has 1 N–H and O–H groups in total. The summed E-state index contributed by atoms with van der Waals surface area (Å²) in [7, 11) is 1.42. The second kappa shape index (κ2) is 28.6. The van der Waals surface area contributed by atoms with Crippen LogP contribution in [-0.4, -0.2) is 60.3 Å². The number of carbonyl (C=O) groups excluding carboxylic acids is 2. The Balaban J connectivity index is 1.99. The lowest BCUT2D eigenvalue weighted by atomic mass is 9.66. The standard InChI is InChI=1S/C54H82N2O6/c1-9-11-13-15-17-19-21-23-25-27-37-55-48(62-61-8)39-46-50(54(6,7)45-35-31-42(4)32-36-45)52(58)47(49(51(46)57)43(5)44-33-29-41(3)30-34-44)40-56(53(59)60)38-28-26-24-22-20-18-16-14-12-10-2/h29-36,43H,9-28,37-40H2,1-8H3,(H,59,60). The van der Waals surface area contributed by atoms with Crippen LogP contribution in [0.25, 0.3) is 0 Å². The van der Waals surface area contributed by atoms with Crippen LogP contribution in [0.3, 0.4) is 0 Å². The molecule has 0 fully saturated rings. The average molecular weight is 855 g/mol. The van der Waals surface area contributed by atoms with E-state index in [9.17, 15) is 9.90 Å². The lowest BCUT2D eigenvalue weighted by Crippen LogP contribution is -2.41. The minimum atomic E-state index is -1.10. The quantitative estimate of drug-likeness (QED) is 0.0202. The number of allylic oxidation sites excluding steroid dienone is 2. The van der Waals surface area contributed by atoms with Gasteiger partial charge in [0.1, 0.15) is 0 Å². The van der Waals surface area contributed by atoms with Crippen molar-refractivity contribution in [3.8, 4) is 0 Å². The summed E-state index contributed by atoms with van der Waals surface area (Å²) < 4.78 is 0. The van der Waals surface area contributed by atoms with Crippen molar-refractivity contribution >= 4 is 23.6 Å². The van der Waals surface area contributed by atoms with E-state index in [4.69, 9.17) is 14.8 Å². The van der Waals surface area contributed by atoms with Gasteiger partial charge >= 0.3 is 6.09 Å². The van der Waals surface area contributed by atoms with Crippen LogP contribution in [0.5, 0.6) is 0 Å². The molecule has 0 saturated carbocycles. The Morgan fingerprint density at radius 1 is 0.677 bits per heavy atom. The number of aliphatic imine (C=N–C) groups is 1. The van der Waals surface area contributed by atoms with Crippen LogP contribution in [0.1, 0.15) is 198 Å². The average Bonchev–Trinajstić information content (AvgIpc) is 3.24. The molecule has 1 aliphatic carbocycles. The Hall–Kier alpha value is -4.04. The number of hydrogen-bond acceptors (Lipinski definition) is 6. The minimum Gasteiger partial charge on any atom is -0.465 e. The fraction of sp³-hybridized carbons (Fsp3) is 0.630. The smallest absolute Gasteiger partial charge is 0.407 e. The third kappa shape index (κ3) is 16.9. The number of rotatable bonds is 31. The molecule has 0 spiro atoms. The maximum absolute atomic E-state index is 15.5. The molecule has 3 rings (SSSR count). The molecule has 1 amide bonds. The van der Waals surface area contributed by atoms with Crippen molar-refractivity contribution in [2.45, 2.75) is 195 Å². The number of ketones is 2. The second-order valence-corrected chi connectivity index (χ2v) is 18.3. The Bertz CT molecular complexity index is 1750. The number of benzene rings is 2. The lowest BCUT2D eigenvalue weighted by molar-refractivity contribution is -0.196. The van der Waals surface area contributed by atoms with Gasteiger partial charge in [0.25, 0.3) is 0 Å². The van der Waals surface area contributed by atoms with Crippen LogP contribution < -0.4 is 0 Å².